The van der Waals surface area contributed by atoms with Crippen molar-refractivity contribution in [3.05, 3.63) is 10.1 Å². The summed E-state index contributed by atoms with van der Waals surface area (Å²) < 4.78 is 35.0. The van der Waals surface area contributed by atoms with E-state index in [1.165, 1.54) is 0 Å². The zero-order chi connectivity index (χ0) is 9.23. The minimum atomic E-state index is -4.61. The molecule has 0 amide bonds. The van der Waals surface area contributed by atoms with Gasteiger partial charge in [0.1, 0.15) is 0 Å². The molecule has 0 aliphatic heterocycles. The van der Waals surface area contributed by atoms with Crippen LogP contribution in [0.4, 0.5) is 13.2 Å². The van der Waals surface area contributed by atoms with Crippen molar-refractivity contribution in [2.24, 2.45) is 0 Å². The van der Waals surface area contributed by atoms with Crippen LogP contribution in [0.15, 0.2) is 0 Å². The van der Waals surface area contributed by atoms with Gasteiger partial charge < -0.3 is 0 Å². The topological polar surface area (TPSA) is 43.1 Å². The SMILES string of the molecule is O=[N+]([O-])C(Br)C(Br)C(F)(F)F. The Morgan fingerprint density at radius 1 is 1.36 bits per heavy atom. The van der Waals surface area contributed by atoms with Gasteiger partial charge in [-0.2, -0.15) is 13.2 Å². The molecule has 0 bridgehead atoms. The standard InChI is InChI=1S/C3H2Br2F3NO2/c4-1(3(6,7)8)2(5)9(10)11/h1-2H. The molecular formula is C3H2Br2F3NO2. The average molecular weight is 301 g/mol. The second kappa shape index (κ2) is 3.70. The highest BCUT2D eigenvalue weighted by Crippen LogP contribution is 2.32. The van der Waals surface area contributed by atoms with Gasteiger partial charge in [-0.05, 0) is 15.9 Å². The Hall–Kier alpha value is 0.150. The van der Waals surface area contributed by atoms with Crippen molar-refractivity contribution < 1.29 is 18.1 Å². The highest BCUT2D eigenvalue weighted by atomic mass is 79.9. The van der Waals surface area contributed by atoms with Crippen LogP contribution in [0.2, 0.25) is 0 Å². The number of alkyl halides is 5. The Labute approximate surface area is 76.4 Å². The van der Waals surface area contributed by atoms with Crippen LogP contribution in [0.3, 0.4) is 0 Å². The van der Waals surface area contributed by atoms with Crippen LogP contribution in [0.1, 0.15) is 0 Å². The number of nitrogens with zero attached hydrogens (tertiary/aromatic N) is 1. The van der Waals surface area contributed by atoms with Crippen LogP contribution in [0, 0.1) is 10.1 Å². The maximum Gasteiger partial charge on any atom is 0.408 e. The van der Waals surface area contributed by atoms with Gasteiger partial charge in [0.05, 0.1) is 0 Å². The lowest BCUT2D eigenvalue weighted by atomic mass is 10.4. The van der Waals surface area contributed by atoms with E-state index in [2.05, 4.69) is 31.9 Å². The van der Waals surface area contributed by atoms with Crippen LogP contribution >= 0.6 is 31.9 Å². The molecule has 11 heavy (non-hydrogen) atoms. The minimum absolute atomic E-state index is 1.06. The van der Waals surface area contributed by atoms with E-state index in [4.69, 9.17) is 0 Å². The molecule has 0 aromatic rings. The Balaban J connectivity index is 4.25. The van der Waals surface area contributed by atoms with E-state index in [1.54, 1.807) is 0 Å². The smallest absolute Gasteiger partial charge is 0.263 e. The summed E-state index contributed by atoms with van der Waals surface area (Å²) in [5.41, 5.74) is 0. The number of rotatable bonds is 2. The predicted octanol–water partition coefficient (Wildman–Crippen LogP) is 2.31. The fraction of sp³-hybridized carbons (Fsp3) is 1.00. The molecule has 0 aliphatic carbocycles. The van der Waals surface area contributed by atoms with Crippen LogP contribution in [-0.2, 0) is 0 Å². The summed E-state index contributed by atoms with van der Waals surface area (Å²) in [5.74, 6) is 0. The second-order valence-electron chi connectivity index (χ2n) is 1.60. The first kappa shape index (κ1) is 11.2. The van der Waals surface area contributed by atoms with E-state index in [0.717, 1.165) is 0 Å². The van der Waals surface area contributed by atoms with Crippen molar-refractivity contribution in [1.82, 2.24) is 0 Å². The van der Waals surface area contributed by atoms with Crippen molar-refractivity contribution in [3.63, 3.8) is 0 Å². The molecule has 0 aromatic heterocycles. The molecule has 8 heteroatoms. The van der Waals surface area contributed by atoms with E-state index in [1.807, 2.05) is 0 Å². The average Bonchev–Trinajstić information content (AvgIpc) is 1.82. The molecular weight excluding hydrogens is 299 g/mol. The maximum absolute atomic E-state index is 11.7. The van der Waals surface area contributed by atoms with E-state index >= 15 is 0 Å². The van der Waals surface area contributed by atoms with Crippen molar-refractivity contribution in [3.8, 4) is 0 Å². The first-order valence-electron chi connectivity index (χ1n) is 2.25. The Kier molecular flexibility index (Phi) is 3.75. The molecule has 0 aromatic carbocycles. The van der Waals surface area contributed by atoms with Gasteiger partial charge in [0.25, 0.3) is 4.95 Å². The first-order valence-corrected chi connectivity index (χ1v) is 4.08. The molecule has 0 aliphatic rings. The third-order valence-electron chi connectivity index (χ3n) is 0.756. The maximum atomic E-state index is 11.7. The molecule has 2 atom stereocenters. The van der Waals surface area contributed by atoms with E-state index in [9.17, 15) is 23.3 Å². The van der Waals surface area contributed by atoms with Crippen molar-refractivity contribution in [2.75, 3.05) is 0 Å². The van der Waals surface area contributed by atoms with Crippen LogP contribution in [-0.4, -0.2) is 20.9 Å². The normalized spacial score (nSPS) is 17.5. The Bertz CT molecular complexity index is 161. The van der Waals surface area contributed by atoms with Crippen molar-refractivity contribution in [2.45, 2.75) is 16.0 Å². The fourth-order valence-electron chi connectivity index (χ4n) is 0.263. The minimum Gasteiger partial charge on any atom is -0.263 e. The van der Waals surface area contributed by atoms with E-state index < -0.39 is 20.9 Å². The van der Waals surface area contributed by atoms with Gasteiger partial charge >= 0.3 is 6.18 Å². The molecule has 0 heterocycles. The van der Waals surface area contributed by atoms with Crippen LogP contribution in [0.5, 0.6) is 0 Å². The number of hydrogen-bond donors (Lipinski definition) is 0. The highest BCUT2D eigenvalue weighted by Gasteiger charge is 2.47. The molecule has 2 unspecified atom stereocenters. The summed E-state index contributed by atoms with van der Waals surface area (Å²) in [6.07, 6.45) is -4.61. The number of nitro groups is 1. The van der Waals surface area contributed by atoms with Crippen LogP contribution in [0.25, 0.3) is 0 Å². The predicted molar refractivity (Wildman–Crippen MR) is 38.5 cm³/mol. The Morgan fingerprint density at radius 2 is 1.73 bits per heavy atom. The van der Waals surface area contributed by atoms with Gasteiger partial charge in [-0.25, -0.2) is 0 Å². The monoisotopic (exact) mass is 299 g/mol. The molecule has 0 radical (unpaired) electrons. The molecule has 3 nitrogen and oxygen atoms in total. The molecule has 0 N–H and O–H groups in total. The van der Waals surface area contributed by atoms with E-state index in [0.29, 0.717) is 0 Å². The molecule has 0 saturated carbocycles. The molecule has 0 saturated heterocycles. The first-order chi connectivity index (χ1) is 4.76. The largest absolute Gasteiger partial charge is 0.408 e. The van der Waals surface area contributed by atoms with Gasteiger partial charge in [-0.15, -0.1) is 0 Å². The molecule has 0 rings (SSSR count). The second-order valence-corrected chi connectivity index (χ2v) is 3.53. The Morgan fingerprint density at radius 3 is 1.82 bits per heavy atom. The van der Waals surface area contributed by atoms with Gasteiger partial charge in [0.15, 0.2) is 4.83 Å². The lowest BCUT2D eigenvalue weighted by Gasteiger charge is -2.13. The quantitative estimate of drug-likeness (QED) is 0.340. The highest BCUT2D eigenvalue weighted by molar-refractivity contribution is 9.12. The van der Waals surface area contributed by atoms with Gasteiger partial charge in [-0.3, -0.25) is 10.1 Å². The third-order valence-corrected chi connectivity index (χ3v) is 3.35. The summed E-state index contributed by atoms with van der Waals surface area (Å²) in [6.45, 7) is 0. The summed E-state index contributed by atoms with van der Waals surface area (Å²) in [7, 11) is 0. The summed E-state index contributed by atoms with van der Waals surface area (Å²) >= 11 is 4.43. The number of halogens is 5. The summed E-state index contributed by atoms with van der Waals surface area (Å²) in [6, 6.07) is 0. The summed E-state index contributed by atoms with van der Waals surface area (Å²) in [5, 5.41) is 9.82. The zero-order valence-corrected chi connectivity index (χ0v) is 7.98. The molecule has 0 fully saturated rings. The van der Waals surface area contributed by atoms with Crippen molar-refractivity contribution >= 4 is 31.9 Å². The number of hydrogen-bond acceptors (Lipinski definition) is 2. The lowest BCUT2D eigenvalue weighted by molar-refractivity contribution is -0.497. The molecule has 0 spiro atoms. The van der Waals surface area contributed by atoms with Gasteiger partial charge in [0.2, 0.25) is 0 Å². The molecule has 66 valence electrons. The van der Waals surface area contributed by atoms with E-state index in [-0.39, 0.29) is 0 Å². The summed E-state index contributed by atoms with van der Waals surface area (Å²) in [4.78, 5) is 4.75. The lowest BCUT2D eigenvalue weighted by Crippen LogP contribution is -2.35. The fourth-order valence-corrected chi connectivity index (χ4v) is 0.756. The van der Waals surface area contributed by atoms with Crippen molar-refractivity contribution in [1.29, 1.82) is 0 Å². The third kappa shape index (κ3) is 3.37. The van der Waals surface area contributed by atoms with Gasteiger partial charge in [0, 0.05) is 4.92 Å². The van der Waals surface area contributed by atoms with Crippen LogP contribution < -0.4 is 0 Å². The zero-order valence-electron chi connectivity index (χ0n) is 4.81. The van der Waals surface area contributed by atoms with Gasteiger partial charge in [-0.1, -0.05) is 15.9 Å².